The molecule has 0 saturated heterocycles. The van der Waals surface area contributed by atoms with Gasteiger partial charge in [0.15, 0.2) is 0 Å². The van der Waals surface area contributed by atoms with E-state index in [9.17, 15) is 0 Å². The minimum absolute atomic E-state index is 1.17. The largest absolute Gasteiger partial charge is 0.309 e. The molecule has 0 radical (unpaired) electrons. The van der Waals surface area contributed by atoms with Crippen LogP contribution in [0.15, 0.2) is 176 Å². The van der Waals surface area contributed by atoms with Crippen LogP contribution in [0.5, 0.6) is 0 Å². The summed E-state index contributed by atoms with van der Waals surface area (Å²) in [5.41, 5.74) is 11.1. The lowest BCUT2D eigenvalue weighted by Gasteiger charge is -2.19. The van der Waals surface area contributed by atoms with Crippen molar-refractivity contribution in [3.05, 3.63) is 176 Å². The molecule has 0 amide bonds. The molecule has 218 valence electrons. The molecule has 0 aliphatic rings. The number of nitrogens with zero attached hydrogens (tertiary/aromatic N) is 1. The molecule has 0 fully saturated rings. The Morgan fingerprint density at radius 2 is 0.766 bits per heavy atom. The van der Waals surface area contributed by atoms with E-state index in [1.54, 1.807) is 0 Å². The number of hydrogen-bond acceptors (Lipinski definition) is 0. The molecule has 0 atom stereocenters. The van der Waals surface area contributed by atoms with Gasteiger partial charge in [0.05, 0.1) is 11.0 Å². The second-order valence-corrected chi connectivity index (χ2v) is 12.5. The predicted molar refractivity (Wildman–Crippen MR) is 201 cm³/mol. The first kappa shape index (κ1) is 26.1. The van der Waals surface area contributed by atoms with Crippen molar-refractivity contribution in [2.24, 2.45) is 0 Å². The summed E-state index contributed by atoms with van der Waals surface area (Å²) < 4.78 is 2.39. The zero-order chi connectivity index (χ0) is 30.9. The highest BCUT2D eigenvalue weighted by atomic mass is 15.0. The quantitative estimate of drug-likeness (QED) is 0.178. The Hall–Kier alpha value is -6.18. The third-order valence-corrected chi connectivity index (χ3v) is 9.97. The Morgan fingerprint density at radius 1 is 0.298 bits per heavy atom. The summed E-state index contributed by atoms with van der Waals surface area (Å²) in [6.45, 7) is 0. The fraction of sp³-hybridized carbons (Fsp3) is 0. The van der Waals surface area contributed by atoms with Crippen molar-refractivity contribution in [3.8, 4) is 39.1 Å². The first-order valence-corrected chi connectivity index (χ1v) is 16.3. The van der Waals surface area contributed by atoms with Gasteiger partial charge in [-0.05, 0) is 96.0 Å². The zero-order valence-electron chi connectivity index (χ0n) is 25.7. The van der Waals surface area contributed by atoms with E-state index in [-0.39, 0.29) is 0 Å². The number of hydrogen-bond donors (Lipinski definition) is 0. The first-order chi connectivity index (χ1) is 23.3. The monoisotopic (exact) mass is 595 g/mol. The van der Waals surface area contributed by atoms with Gasteiger partial charge < -0.3 is 4.57 Å². The Labute approximate surface area is 272 Å². The number of benzene rings is 9. The van der Waals surface area contributed by atoms with Crippen LogP contribution in [0.1, 0.15) is 0 Å². The van der Waals surface area contributed by atoms with E-state index in [1.165, 1.54) is 93.2 Å². The van der Waals surface area contributed by atoms with Crippen molar-refractivity contribution in [2.45, 2.75) is 0 Å². The Bertz CT molecular complexity index is 2700. The molecular weight excluding hydrogens is 567 g/mol. The number of rotatable bonds is 4. The van der Waals surface area contributed by atoms with Gasteiger partial charge in [0.2, 0.25) is 0 Å². The minimum atomic E-state index is 1.17. The van der Waals surface area contributed by atoms with Crippen LogP contribution in [0.25, 0.3) is 93.2 Å². The van der Waals surface area contributed by atoms with Gasteiger partial charge in [0, 0.05) is 16.5 Å². The second kappa shape index (κ2) is 10.2. The Morgan fingerprint density at radius 3 is 1.38 bits per heavy atom. The summed E-state index contributed by atoms with van der Waals surface area (Å²) in [4.78, 5) is 0. The second-order valence-electron chi connectivity index (χ2n) is 12.5. The Balaban J connectivity index is 1.24. The first-order valence-electron chi connectivity index (χ1n) is 16.3. The minimum Gasteiger partial charge on any atom is -0.309 e. The van der Waals surface area contributed by atoms with Crippen LogP contribution in [0.3, 0.4) is 0 Å². The maximum Gasteiger partial charge on any atom is 0.0541 e. The summed E-state index contributed by atoms with van der Waals surface area (Å²) in [7, 11) is 0. The molecule has 0 aliphatic carbocycles. The topological polar surface area (TPSA) is 4.93 Å². The maximum atomic E-state index is 2.41. The molecule has 0 unspecified atom stereocenters. The van der Waals surface area contributed by atoms with E-state index in [4.69, 9.17) is 0 Å². The summed E-state index contributed by atoms with van der Waals surface area (Å²) >= 11 is 0. The molecule has 10 rings (SSSR count). The third-order valence-electron chi connectivity index (χ3n) is 9.97. The van der Waals surface area contributed by atoms with E-state index >= 15 is 0 Å². The summed E-state index contributed by atoms with van der Waals surface area (Å²) in [5.74, 6) is 0. The highest BCUT2D eigenvalue weighted by Gasteiger charge is 2.19. The van der Waals surface area contributed by atoms with Gasteiger partial charge in [0.25, 0.3) is 0 Å². The van der Waals surface area contributed by atoms with Gasteiger partial charge in [-0.3, -0.25) is 0 Å². The van der Waals surface area contributed by atoms with Crippen LogP contribution in [0, 0.1) is 0 Å². The van der Waals surface area contributed by atoms with E-state index in [1.807, 2.05) is 0 Å². The molecule has 1 nitrogen and oxygen atoms in total. The van der Waals surface area contributed by atoms with Crippen molar-refractivity contribution < 1.29 is 0 Å². The standard InChI is InChI=1S/C46H29N/c1-3-11-30(12-4-1)35-25-21-33-22-26-39-42(29-41(31-13-5-2-6-14-31)40-28-27-38(35)45(33)46(39)40)32-19-23-34(24-20-32)47-43-17-9-7-15-36(43)37-16-8-10-18-44(37)47/h1-29H. The molecule has 47 heavy (non-hydrogen) atoms. The Kier molecular flexibility index (Phi) is 5.64. The van der Waals surface area contributed by atoms with Crippen LogP contribution in [0.4, 0.5) is 0 Å². The third kappa shape index (κ3) is 3.90. The molecule has 0 bridgehead atoms. The average molecular weight is 596 g/mol. The van der Waals surface area contributed by atoms with E-state index in [2.05, 4.69) is 180 Å². The lowest BCUT2D eigenvalue weighted by atomic mass is 9.84. The van der Waals surface area contributed by atoms with Gasteiger partial charge in [-0.15, -0.1) is 0 Å². The molecule has 1 aromatic heterocycles. The van der Waals surface area contributed by atoms with Gasteiger partial charge in [-0.2, -0.15) is 0 Å². The fourth-order valence-electron chi connectivity index (χ4n) is 7.85. The van der Waals surface area contributed by atoms with Crippen LogP contribution in [-0.2, 0) is 0 Å². The predicted octanol–water partition coefficient (Wildman–Crippen LogP) is 12.7. The van der Waals surface area contributed by atoms with Gasteiger partial charge in [-0.1, -0.05) is 146 Å². The van der Waals surface area contributed by atoms with E-state index in [0.717, 1.165) is 0 Å². The normalized spacial score (nSPS) is 11.8. The summed E-state index contributed by atoms with van der Waals surface area (Å²) in [6.07, 6.45) is 0. The number of fused-ring (bicyclic) bond motifs is 3. The molecule has 1 heterocycles. The van der Waals surface area contributed by atoms with E-state index < -0.39 is 0 Å². The highest BCUT2D eigenvalue weighted by Crippen LogP contribution is 2.46. The van der Waals surface area contributed by atoms with Crippen LogP contribution in [0.2, 0.25) is 0 Å². The lowest BCUT2D eigenvalue weighted by molar-refractivity contribution is 1.18. The fourth-order valence-corrected chi connectivity index (χ4v) is 7.85. The molecule has 0 aliphatic heterocycles. The molecule has 0 N–H and O–H groups in total. The van der Waals surface area contributed by atoms with Crippen LogP contribution >= 0.6 is 0 Å². The molecule has 1 heteroatoms. The van der Waals surface area contributed by atoms with Crippen molar-refractivity contribution in [1.82, 2.24) is 4.57 Å². The van der Waals surface area contributed by atoms with Crippen molar-refractivity contribution in [1.29, 1.82) is 0 Å². The van der Waals surface area contributed by atoms with Gasteiger partial charge in [0.1, 0.15) is 0 Å². The van der Waals surface area contributed by atoms with Crippen LogP contribution < -0.4 is 0 Å². The molecule has 0 saturated carbocycles. The van der Waals surface area contributed by atoms with Crippen molar-refractivity contribution in [2.75, 3.05) is 0 Å². The highest BCUT2D eigenvalue weighted by molar-refractivity contribution is 6.30. The van der Waals surface area contributed by atoms with Gasteiger partial charge in [-0.25, -0.2) is 0 Å². The van der Waals surface area contributed by atoms with Crippen molar-refractivity contribution >= 4 is 54.1 Å². The molecular formula is C46H29N. The SMILES string of the molecule is c1ccc(-c2ccc3ccc4c(-c5ccc(-n6c7ccccc7c7ccccc76)cc5)cc(-c5ccccc5)c5ccc2c3c45)cc1. The number of para-hydroxylation sites is 2. The lowest BCUT2D eigenvalue weighted by Crippen LogP contribution is -1.94. The summed E-state index contributed by atoms with van der Waals surface area (Å²) in [5, 5.41) is 10.4. The molecule has 0 spiro atoms. The van der Waals surface area contributed by atoms with Crippen molar-refractivity contribution in [3.63, 3.8) is 0 Å². The molecule has 10 aromatic rings. The number of aromatic nitrogens is 1. The summed E-state index contributed by atoms with van der Waals surface area (Å²) in [6, 6.07) is 64.5. The van der Waals surface area contributed by atoms with E-state index in [0.29, 0.717) is 0 Å². The molecule has 9 aromatic carbocycles. The average Bonchev–Trinajstić information content (AvgIpc) is 3.49. The maximum absolute atomic E-state index is 2.41. The smallest absolute Gasteiger partial charge is 0.0541 e. The van der Waals surface area contributed by atoms with Gasteiger partial charge >= 0.3 is 0 Å². The van der Waals surface area contributed by atoms with Crippen LogP contribution in [-0.4, -0.2) is 4.57 Å². The zero-order valence-corrected chi connectivity index (χ0v) is 25.7.